The molecule has 4 nitrogen and oxygen atoms in total. The summed E-state index contributed by atoms with van der Waals surface area (Å²) in [6.07, 6.45) is 3.06. The van der Waals surface area contributed by atoms with Crippen molar-refractivity contribution < 1.29 is 4.74 Å². The fourth-order valence-electron chi connectivity index (χ4n) is 2.83. The Kier molecular flexibility index (Phi) is 4.98. The predicted octanol–water partition coefficient (Wildman–Crippen LogP) is 4.28. The normalized spacial score (nSPS) is 11.1. The van der Waals surface area contributed by atoms with Crippen molar-refractivity contribution >= 4 is 26.8 Å². The highest BCUT2D eigenvalue weighted by molar-refractivity contribution is 9.10. The maximum atomic E-state index is 5.65. The largest absolute Gasteiger partial charge is 0.481 e. The molecule has 2 aromatic heterocycles. The Hall–Kier alpha value is -1.85. The number of para-hydroxylation sites is 1. The number of unbranched alkanes of at least 4 members (excludes halogenated alkanes) is 1. The number of aromatic amines is 1. The maximum absolute atomic E-state index is 5.65. The zero-order valence-electron chi connectivity index (χ0n) is 13.1. The van der Waals surface area contributed by atoms with Gasteiger partial charge < -0.3 is 15.5 Å². The Morgan fingerprint density at radius 2 is 2.00 bits per heavy atom. The molecule has 23 heavy (non-hydrogen) atoms. The van der Waals surface area contributed by atoms with Crippen molar-refractivity contribution in [2.75, 3.05) is 13.7 Å². The highest BCUT2D eigenvalue weighted by Crippen LogP contribution is 2.34. The lowest BCUT2D eigenvalue weighted by atomic mass is 10.0. The van der Waals surface area contributed by atoms with Gasteiger partial charge in [-0.15, -0.1) is 0 Å². The molecule has 3 N–H and O–H groups in total. The maximum Gasteiger partial charge on any atom is 0.213 e. The first-order chi connectivity index (χ1) is 11.2. The van der Waals surface area contributed by atoms with Crippen LogP contribution in [0.2, 0.25) is 0 Å². The summed E-state index contributed by atoms with van der Waals surface area (Å²) in [5.74, 6) is 0.619. The van der Waals surface area contributed by atoms with Crippen molar-refractivity contribution in [3.63, 3.8) is 0 Å². The van der Waals surface area contributed by atoms with E-state index in [1.54, 1.807) is 7.11 Å². The van der Waals surface area contributed by atoms with E-state index in [0.717, 1.165) is 47.2 Å². The highest BCUT2D eigenvalue weighted by Gasteiger charge is 2.15. The van der Waals surface area contributed by atoms with Crippen molar-refractivity contribution in [3.05, 3.63) is 46.4 Å². The topological polar surface area (TPSA) is 63.9 Å². The minimum atomic E-state index is 0.619. The van der Waals surface area contributed by atoms with Crippen molar-refractivity contribution in [2.24, 2.45) is 5.73 Å². The first-order valence-electron chi connectivity index (χ1n) is 7.75. The number of nitrogens with zero attached hydrogens (tertiary/aromatic N) is 1. The average Bonchev–Trinajstić information content (AvgIpc) is 2.95. The van der Waals surface area contributed by atoms with E-state index in [1.165, 1.54) is 10.9 Å². The van der Waals surface area contributed by atoms with Crippen molar-refractivity contribution in [1.82, 2.24) is 9.97 Å². The summed E-state index contributed by atoms with van der Waals surface area (Å²) in [5, 5.41) is 1.23. The summed E-state index contributed by atoms with van der Waals surface area (Å²) in [6, 6.07) is 12.1. The Labute approximate surface area is 144 Å². The number of H-pyrrole nitrogens is 1. The van der Waals surface area contributed by atoms with Crippen molar-refractivity contribution in [2.45, 2.75) is 19.3 Å². The smallest absolute Gasteiger partial charge is 0.213 e. The lowest BCUT2D eigenvalue weighted by molar-refractivity contribution is 0.398. The number of aromatic nitrogens is 2. The van der Waals surface area contributed by atoms with Crippen LogP contribution in [0.25, 0.3) is 22.3 Å². The summed E-state index contributed by atoms with van der Waals surface area (Å²) in [4.78, 5) is 8.11. The summed E-state index contributed by atoms with van der Waals surface area (Å²) in [6.45, 7) is 0.721. The van der Waals surface area contributed by atoms with Gasteiger partial charge in [0.15, 0.2) is 0 Å². The molecule has 0 amide bonds. The number of nitrogens with two attached hydrogens (primary N) is 1. The van der Waals surface area contributed by atoms with E-state index in [2.05, 4.69) is 38.0 Å². The van der Waals surface area contributed by atoms with E-state index in [1.807, 2.05) is 24.3 Å². The third-order valence-corrected chi connectivity index (χ3v) is 4.62. The minimum absolute atomic E-state index is 0.619. The van der Waals surface area contributed by atoms with E-state index < -0.39 is 0 Å². The number of rotatable bonds is 6. The molecule has 0 aliphatic rings. The molecule has 120 valence electrons. The monoisotopic (exact) mass is 373 g/mol. The van der Waals surface area contributed by atoms with Crippen LogP contribution in [-0.4, -0.2) is 23.6 Å². The molecule has 0 aliphatic carbocycles. The van der Waals surface area contributed by atoms with Crippen LogP contribution in [0, 0.1) is 0 Å². The van der Waals surface area contributed by atoms with Gasteiger partial charge in [0, 0.05) is 15.9 Å². The molecule has 0 bridgehead atoms. The number of hydrogen-bond acceptors (Lipinski definition) is 3. The lowest BCUT2D eigenvalue weighted by Crippen LogP contribution is -1.99. The molecule has 5 heteroatoms. The second-order valence-electron chi connectivity index (χ2n) is 5.45. The first-order valence-corrected chi connectivity index (χ1v) is 8.54. The van der Waals surface area contributed by atoms with E-state index in [-0.39, 0.29) is 0 Å². The number of aryl methyl sites for hydroxylation is 1. The molecule has 3 rings (SSSR count). The van der Waals surface area contributed by atoms with Gasteiger partial charge in [-0.25, -0.2) is 4.98 Å². The fraction of sp³-hybridized carbons (Fsp3) is 0.278. The molecular weight excluding hydrogens is 354 g/mol. The van der Waals surface area contributed by atoms with Crippen LogP contribution in [0.5, 0.6) is 5.88 Å². The van der Waals surface area contributed by atoms with E-state index in [0.29, 0.717) is 5.88 Å². The third kappa shape index (κ3) is 3.26. The molecule has 2 heterocycles. The van der Waals surface area contributed by atoms with Gasteiger partial charge in [0.25, 0.3) is 0 Å². The Bertz CT molecular complexity index is 813. The molecular formula is C18H20BrN3O. The molecule has 0 unspecified atom stereocenters. The second kappa shape index (κ2) is 7.15. The summed E-state index contributed by atoms with van der Waals surface area (Å²) < 4.78 is 6.32. The Morgan fingerprint density at radius 3 is 2.78 bits per heavy atom. The van der Waals surface area contributed by atoms with Crippen LogP contribution in [0.1, 0.15) is 18.4 Å². The van der Waals surface area contributed by atoms with Crippen LogP contribution >= 0.6 is 15.9 Å². The van der Waals surface area contributed by atoms with Gasteiger partial charge in [0.05, 0.1) is 24.0 Å². The van der Waals surface area contributed by atoms with Gasteiger partial charge in [-0.05, 0) is 59.4 Å². The van der Waals surface area contributed by atoms with Crippen LogP contribution in [-0.2, 0) is 6.42 Å². The number of pyridine rings is 1. The van der Waals surface area contributed by atoms with Crippen LogP contribution < -0.4 is 10.5 Å². The van der Waals surface area contributed by atoms with Gasteiger partial charge in [0.1, 0.15) is 0 Å². The number of halogens is 1. The molecule has 0 atom stereocenters. The molecule has 0 radical (unpaired) electrons. The third-order valence-electron chi connectivity index (χ3n) is 3.96. The van der Waals surface area contributed by atoms with Gasteiger partial charge in [-0.1, -0.05) is 18.2 Å². The van der Waals surface area contributed by atoms with Gasteiger partial charge in [-0.2, -0.15) is 0 Å². The van der Waals surface area contributed by atoms with Crippen LogP contribution in [0.15, 0.2) is 40.9 Å². The summed E-state index contributed by atoms with van der Waals surface area (Å²) in [5.41, 5.74) is 10.00. The van der Waals surface area contributed by atoms with Crippen molar-refractivity contribution in [3.8, 4) is 17.3 Å². The quantitative estimate of drug-likeness (QED) is 0.633. The molecule has 0 spiro atoms. The second-order valence-corrected chi connectivity index (χ2v) is 6.31. The molecule has 1 aromatic carbocycles. The highest BCUT2D eigenvalue weighted by atomic mass is 79.9. The number of benzene rings is 1. The van der Waals surface area contributed by atoms with Crippen LogP contribution in [0.3, 0.4) is 0 Å². The van der Waals surface area contributed by atoms with Gasteiger partial charge in [-0.3, -0.25) is 0 Å². The molecule has 3 aromatic rings. The summed E-state index contributed by atoms with van der Waals surface area (Å²) >= 11 is 3.63. The SMILES string of the molecule is COc1cccc(-c2[nH]c3c(Br)cccc3c2CCCCN)n1. The average molecular weight is 374 g/mol. The zero-order valence-corrected chi connectivity index (χ0v) is 14.7. The number of nitrogens with one attached hydrogen (secondary N) is 1. The fourth-order valence-corrected chi connectivity index (χ4v) is 3.30. The van der Waals surface area contributed by atoms with E-state index in [9.17, 15) is 0 Å². The van der Waals surface area contributed by atoms with Crippen LogP contribution in [0.4, 0.5) is 0 Å². The molecule has 0 saturated carbocycles. The zero-order chi connectivity index (χ0) is 16.2. The minimum Gasteiger partial charge on any atom is -0.481 e. The summed E-state index contributed by atoms with van der Waals surface area (Å²) in [7, 11) is 1.63. The van der Waals surface area contributed by atoms with Gasteiger partial charge >= 0.3 is 0 Å². The first kappa shape index (κ1) is 16.0. The number of methoxy groups -OCH3 is 1. The standard InChI is InChI=1S/C18H20BrN3O/c1-23-16-10-5-9-15(21-16)18-13(6-2-3-11-20)12-7-4-8-14(19)17(12)22-18/h4-5,7-10,22H,2-3,6,11,20H2,1H3. The molecule has 0 fully saturated rings. The molecule has 0 saturated heterocycles. The predicted molar refractivity (Wildman–Crippen MR) is 97.8 cm³/mol. The molecule has 0 aliphatic heterocycles. The number of fused-ring (bicyclic) bond motifs is 1. The van der Waals surface area contributed by atoms with Crippen molar-refractivity contribution in [1.29, 1.82) is 0 Å². The lowest BCUT2D eigenvalue weighted by Gasteiger charge is -2.06. The van der Waals surface area contributed by atoms with Gasteiger partial charge in [0.2, 0.25) is 5.88 Å². The van der Waals surface area contributed by atoms with E-state index >= 15 is 0 Å². The Balaban J connectivity index is 2.13. The number of ether oxygens (including phenoxy) is 1. The van der Waals surface area contributed by atoms with E-state index in [4.69, 9.17) is 10.5 Å². The number of hydrogen-bond donors (Lipinski definition) is 2. The Morgan fingerprint density at radius 1 is 1.17 bits per heavy atom.